The molecule has 1 aromatic carbocycles. The fourth-order valence-electron chi connectivity index (χ4n) is 4.07. The lowest BCUT2D eigenvalue weighted by molar-refractivity contribution is -0.114. The molecule has 1 amide bonds. The fourth-order valence-corrected chi connectivity index (χ4v) is 4.07. The number of hydrogen-bond donors (Lipinski definition) is 2. The van der Waals surface area contributed by atoms with Gasteiger partial charge >= 0.3 is 0 Å². The Morgan fingerprint density at radius 3 is 1.84 bits per heavy atom. The molecule has 2 saturated heterocycles. The zero-order chi connectivity index (χ0) is 22.3. The Balaban J connectivity index is 1.53. The molecule has 2 aliphatic rings. The molecule has 2 fully saturated rings. The van der Waals surface area contributed by atoms with Gasteiger partial charge in [-0.2, -0.15) is 20.1 Å². The number of carbonyl (C=O) groups is 1. The lowest BCUT2D eigenvalue weighted by Gasteiger charge is -2.30. The SMILES string of the molecule is CC(=O)Nc1ccc(/C(C)=N\Nc2nc(N3CCCCC3)nc(N3CCCCC3)n2)cc1. The number of piperidine rings is 2. The van der Waals surface area contributed by atoms with Crippen molar-refractivity contribution in [2.24, 2.45) is 5.10 Å². The standard InChI is InChI=1S/C23H32N8O/c1-17(19-9-11-20(12-10-19)24-18(2)32)28-29-21-25-22(30-13-5-3-6-14-30)27-23(26-21)31-15-7-4-8-16-31/h9-12H,3-8,13-16H2,1-2H3,(H,24,32)(H,25,26,27,29)/b28-17-. The minimum Gasteiger partial charge on any atom is -0.341 e. The van der Waals surface area contributed by atoms with E-state index in [2.05, 4.69) is 35.6 Å². The molecule has 32 heavy (non-hydrogen) atoms. The van der Waals surface area contributed by atoms with Crippen molar-refractivity contribution >= 4 is 35.2 Å². The minimum absolute atomic E-state index is 0.0892. The third-order valence-corrected chi connectivity index (χ3v) is 5.84. The topological polar surface area (TPSA) is 98.6 Å². The maximum atomic E-state index is 11.2. The first-order valence-corrected chi connectivity index (χ1v) is 11.5. The summed E-state index contributed by atoms with van der Waals surface area (Å²) >= 11 is 0. The van der Waals surface area contributed by atoms with Crippen molar-refractivity contribution in [2.75, 3.05) is 46.7 Å². The third-order valence-electron chi connectivity index (χ3n) is 5.84. The first-order valence-electron chi connectivity index (χ1n) is 11.5. The summed E-state index contributed by atoms with van der Waals surface area (Å²) in [5.74, 6) is 1.84. The number of nitrogens with zero attached hydrogens (tertiary/aromatic N) is 6. The van der Waals surface area contributed by atoms with Crippen LogP contribution in [-0.2, 0) is 4.79 Å². The van der Waals surface area contributed by atoms with Crippen LogP contribution in [-0.4, -0.2) is 52.7 Å². The molecule has 0 unspecified atom stereocenters. The number of anilines is 4. The van der Waals surface area contributed by atoms with Crippen molar-refractivity contribution in [3.05, 3.63) is 29.8 Å². The van der Waals surface area contributed by atoms with E-state index in [1.54, 1.807) is 0 Å². The molecule has 2 N–H and O–H groups in total. The third kappa shape index (κ3) is 5.72. The van der Waals surface area contributed by atoms with Crippen molar-refractivity contribution in [1.82, 2.24) is 15.0 Å². The van der Waals surface area contributed by atoms with Crippen LogP contribution in [0.1, 0.15) is 57.9 Å². The van der Waals surface area contributed by atoms with Crippen LogP contribution in [0.25, 0.3) is 0 Å². The Hall–Kier alpha value is -3.23. The Kier molecular flexibility index (Phi) is 7.14. The van der Waals surface area contributed by atoms with Crippen LogP contribution in [0.3, 0.4) is 0 Å². The van der Waals surface area contributed by atoms with E-state index in [0.29, 0.717) is 5.95 Å². The molecule has 0 atom stereocenters. The van der Waals surface area contributed by atoms with E-state index in [4.69, 9.17) is 4.98 Å². The summed E-state index contributed by atoms with van der Waals surface area (Å²) in [5.41, 5.74) is 5.57. The molecule has 0 aliphatic carbocycles. The van der Waals surface area contributed by atoms with E-state index in [1.165, 1.54) is 45.4 Å². The number of nitrogens with one attached hydrogen (secondary N) is 2. The number of amides is 1. The average molecular weight is 437 g/mol. The van der Waals surface area contributed by atoms with Gasteiger partial charge in [-0.15, -0.1) is 0 Å². The number of aromatic nitrogens is 3. The van der Waals surface area contributed by atoms with Gasteiger partial charge in [-0.25, -0.2) is 5.43 Å². The predicted octanol–water partition coefficient (Wildman–Crippen LogP) is 3.65. The molecule has 4 rings (SSSR count). The molecule has 0 radical (unpaired) electrons. The second kappa shape index (κ2) is 10.4. The summed E-state index contributed by atoms with van der Waals surface area (Å²) in [5, 5.41) is 7.29. The summed E-state index contributed by atoms with van der Waals surface area (Å²) in [6.45, 7) is 7.34. The second-order valence-electron chi connectivity index (χ2n) is 8.42. The maximum Gasteiger partial charge on any atom is 0.250 e. The van der Waals surface area contributed by atoms with Crippen molar-refractivity contribution in [1.29, 1.82) is 0 Å². The highest BCUT2D eigenvalue weighted by atomic mass is 16.1. The number of hydrogen-bond acceptors (Lipinski definition) is 8. The summed E-state index contributed by atoms with van der Waals surface area (Å²) in [7, 11) is 0. The quantitative estimate of drug-likeness (QED) is 0.527. The van der Waals surface area contributed by atoms with Gasteiger partial charge in [-0.05, 0) is 63.1 Å². The van der Waals surface area contributed by atoms with Gasteiger partial charge in [0.05, 0.1) is 5.71 Å². The van der Waals surface area contributed by atoms with Crippen molar-refractivity contribution in [2.45, 2.75) is 52.4 Å². The van der Waals surface area contributed by atoms with Gasteiger partial charge in [0.1, 0.15) is 0 Å². The van der Waals surface area contributed by atoms with Gasteiger partial charge < -0.3 is 15.1 Å². The highest BCUT2D eigenvalue weighted by Crippen LogP contribution is 2.22. The van der Waals surface area contributed by atoms with Crippen molar-refractivity contribution in [3.8, 4) is 0 Å². The molecule has 2 aliphatic heterocycles. The molecule has 0 bridgehead atoms. The average Bonchev–Trinajstić information content (AvgIpc) is 2.83. The zero-order valence-electron chi connectivity index (χ0n) is 19.0. The van der Waals surface area contributed by atoms with Crippen LogP contribution in [0.4, 0.5) is 23.5 Å². The monoisotopic (exact) mass is 436 g/mol. The van der Waals surface area contributed by atoms with Crippen molar-refractivity contribution in [3.63, 3.8) is 0 Å². The lowest BCUT2D eigenvalue weighted by atomic mass is 10.1. The summed E-state index contributed by atoms with van der Waals surface area (Å²) < 4.78 is 0. The van der Waals surface area contributed by atoms with Crippen LogP contribution in [0.2, 0.25) is 0 Å². The van der Waals surface area contributed by atoms with E-state index in [0.717, 1.165) is 55.0 Å². The van der Waals surface area contributed by atoms with Crippen LogP contribution in [0, 0.1) is 0 Å². The molecular weight excluding hydrogens is 404 g/mol. The van der Waals surface area contributed by atoms with Gasteiger partial charge in [0.2, 0.25) is 23.8 Å². The Labute approximate surface area is 189 Å². The summed E-state index contributed by atoms with van der Waals surface area (Å²) in [6.07, 6.45) is 7.18. The van der Waals surface area contributed by atoms with E-state index >= 15 is 0 Å². The van der Waals surface area contributed by atoms with E-state index < -0.39 is 0 Å². The van der Waals surface area contributed by atoms with Gasteiger partial charge in [0.25, 0.3) is 0 Å². The second-order valence-corrected chi connectivity index (χ2v) is 8.42. The van der Waals surface area contributed by atoms with E-state index in [-0.39, 0.29) is 5.91 Å². The summed E-state index contributed by atoms with van der Waals surface area (Å²) in [4.78, 5) is 29.9. The molecule has 170 valence electrons. The lowest BCUT2D eigenvalue weighted by Crippen LogP contribution is -2.34. The normalized spacial score (nSPS) is 17.2. The molecule has 9 nitrogen and oxygen atoms in total. The van der Waals surface area contributed by atoms with Crippen molar-refractivity contribution < 1.29 is 4.79 Å². The zero-order valence-corrected chi connectivity index (χ0v) is 19.0. The van der Waals surface area contributed by atoms with Gasteiger partial charge in [0, 0.05) is 38.8 Å². The fraction of sp³-hybridized carbons (Fsp3) is 0.522. The molecule has 3 heterocycles. The largest absolute Gasteiger partial charge is 0.341 e. The van der Waals surface area contributed by atoms with E-state index in [9.17, 15) is 4.79 Å². The summed E-state index contributed by atoms with van der Waals surface area (Å²) in [6, 6.07) is 7.58. The number of benzene rings is 1. The Morgan fingerprint density at radius 2 is 1.34 bits per heavy atom. The van der Waals surface area contributed by atoms with Gasteiger partial charge in [0.15, 0.2) is 0 Å². The minimum atomic E-state index is -0.0892. The van der Waals surface area contributed by atoms with Crippen LogP contribution in [0.15, 0.2) is 29.4 Å². The number of hydrazone groups is 1. The van der Waals surface area contributed by atoms with E-state index in [1.807, 2.05) is 31.2 Å². The van der Waals surface area contributed by atoms with Crippen LogP contribution >= 0.6 is 0 Å². The number of rotatable bonds is 6. The number of carbonyl (C=O) groups excluding carboxylic acids is 1. The van der Waals surface area contributed by atoms with Crippen LogP contribution in [0.5, 0.6) is 0 Å². The molecule has 2 aromatic rings. The predicted molar refractivity (Wildman–Crippen MR) is 129 cm³/mol. The first kappa shape index (κ1) is 22.0. The first-order chi connectivity index (χ1) is 15.6. The van der Waals surface area contributed by atoms with Gasteiger partial charge in [-0.1, -0.05) is 12.1 Å². The Bertz CT molecular complexity index is 911. The molecule has 1 aromatic heterocycles. The molecule has 9 heteroatoms. The Morgan fingerprint density at radius 1 is 0.812 bits per heavy atom. The molecule has 0 spiro atoms. The molecular formula is C23H32N8O. The maximum absolute atomic E-state index is 11.2. The smallest absolute Gasteiger partial charge is 0.250 e. The highest BCUT2D eigenvalue weighted by Gasteiger charge is 2.20. The molecule has 0 saturated carbocycles. The highest BCUT2D eigenvalue weighted by molar-refractivity contribution is 5.99. The van der Waals surface area contributed by atoms with Gasteiger partial charge in [-0.3, -0.25) is 4.79 Å². The van der Waals surface area contributed by atoms with Crippen LogP contribution < -0.4 is 20.5 Å².